The van der Waals surface area contributed by atoms with Gasteiger partial charge in [0.2, 0.25) is 5.78 Å². The topological polar surface area (TPSA) is 36.7 Å². The largest absolute Gasteiger partial charge is 0.298 e. The Hall–Kier alpha value is -2.24. The molecule has 2 aliphatic heterocycles. The Balaban J connectivity index is 1.31. The summed E-state index contributed by atoms with van der Waals surface area (Å²) in [6.45, 7) is 7.15. The average molecular weight is 347 g/mol. The first kappa shape index (κ1) is 16.0. The minimum atomic E-state index is 0.636. The summed E-state index contributed by atoms with van der Waals surface area (Å²) < 4.78 is 1.96. The standard InChI is InChI=1S/C21H25N5/c1-16-12-24-9-2-3-20(24)15-26(16)13-17-4-6-18(7-5-17)19-11-23-21-22-8-10-25(21)14-19/h4-8,10-11,14,16,20H,2-3,9,12-13,15H2,1H3/t16-,20+/m1/s1. The van der Waals surface area contributed by atoms with Crippen LogP contribution >= 0.6 is 0 Å². The van der Waals surface area contributed by atoms with Crippen LogP contribution in [0.15, 0.2) is 49.1 Å². The van der Waals surface area contributed by atoms with Gasteiger partial charge in [-0.3, -0.25) is 14.2 Å². The van der Waals surface area contributed by atoms with Gasteiger partial charge >= 0.3 is 0 Å². The minimum Gasteiger partial charge on any atom is -0.298 e. The highest BCUT2D eigenvalue weighted by Gasteiger charge is 2.34. The van der Waals surface area contributed by atoms with E-state index < -0.39 is 0 Å². The van der Waals surface area contributed by atoms with Gasteiger partial charge in [0.05, 0.1) is 0 Å². The second-order valence-corrected chi connectivity index (χ2v) is 7.74. The number of aromatic nitrogens is 3. The Bertz CT molecular complexity index is 900. The number of hydrogen-bond donors (Lipinski definition) is 0. The van der Waals surface area contributed by atoms with E-state index >= 15 is 0 Å². The van der Waals surface area contributed by atoms with Crippen molar-refractivity contribution in [2.45, 2.75) is 38.4 Å². The number of imidazole rings is 1. The molecule has 0 amide bonds. The predicted octanol–water partition coefficient (Wildman–Crippen LogP) is 3.06. The first-order valence-electron chi connectivity index (χ1n) is 9.62. The Kier molecular flexibility index (Phi) is 3.98. The van der Waals surface area contributed by atoms with Crippen LogP contribution in [-0.4, -0.2) is 55.9 Å². The maximum atomic E-state index is 4.41. The zero-order valence-electron chi connectivity index (χ0n) is 15.3. The lowest BCUT2D eigenvalue weighted by atomic mass is 10.0. The van der Waals surface area contributed by atoms with E-state index in [4.69, 9.17) is 0 Å². The second-order valence-electron chi connectivity index (χ2n) is 7.74. The van der Waals surface area contributed by atoms with Crippen molar-refractivity contribution in [3.05, 3.63) is 54.6 Å². The van der Waals surface area contributed by atoms with Crippen LogP contribution in [0.1, 0.15) is 25.3 Å². The third kappa shape index (κ3) is 2.91. The Labute approximate surface area is 154 Å². The van der Waals surface area contributed by atoms with Gasteiger partial charge in [0, 0.05) is 62.1 Å². The lowest BCUT2D eigenvalue weighted by molar-refractivity contribution is 0.0540. The number of piperazine rings is 1. The van der Waals surface area contributed by atoms with Crippen molar-refractivity contribution in [1.29, 1.82) is 0 Å². The van der Waals surface area contributed by atoms with E-state index in [1.165, 1.54) is 43.6 Å². The van der Waals surface area contributed by atoms with E-state index in [0.29, 0.717) is 6.04 Å². The average Bonchev–Trinajstić information content (AvgIpc) is 3.30. The highest BCUT2D eigenvalue weighted by molar-refractivity contribution is 5.62. The van der Waals surface area contributed by atoms with Gasteiger partial charge in [0.15, 0.2) is 0 Å². The number of hydrogen-bond acceptors (Lipinski definition) is 4. The van der Waals surface area contributed by atoms with Crippen LogP contribution in [0.2, 0.25) is 0 Å². The Morgan fingerprint density at radius 1 is 1.08 bits per heavy atom. The second kappa shape index (κ2) is 6.49. The lowest BCUT2D eigenvalue weighted by Gasteiger charge is -2.42. The third-order valence-corrected chi connectivity index (χ3v) is 5.98. The van der Waals surface area contributed by atoms with Crippen LogP contribution in [0, 0.1) is 0 Å². The third-order valence-electron chi connectivity index (χ3n) is 5.98. The van der Waals surface area contributed by atoms with Crippen LogP contribution in [0.5, 0.6) is 0 Å². The fourth-order valence-electron chi connectivity index (χ4n) is 4.47. The molecule has 1 aromatic carbocycles. The molecule has 5 heteroatoms. The van der Waals surface area contributed by atoms with Gasteiger partial charge in [-0.05, 0) is 37.4 Å². The lowest BCUT2D eigenvalue weighted by Crippen LogP contribution is -2.54. The molecule has 5 nitrogen and oxygen atoms in total. The van der Waals surface area contributed by atoms with Crippen LogP contribution < -0.4 is 0 Å². The molecule has 0 N–H and O–H groups in total. The summed E-state index contributed by atoms with van der Waals surface area (Å²) in [5.74, 6) is 0.741. The minimum absolute atomic E-state index is 0.636. The smallest absolute Gasteiger partial charge is 0.233 e. The first-order valence-corrected chi connectivity index (χ1v) is 9.62. The van der Waals surface area contributed by atoms with Gasteiger partial charge in [0.1, 0.15) is 0 Å². The molecule has 0 radical (unpaired) electrons. The van der Waals surface area contributed by atoms with Crippen LogP contribution in [-0.2, 0) is 6.54 Å². The van der Waals surface area contributed by atoms with Gasteiger partial charge in [-0.25, -0.2) is 9.97 Å². The van der Waals surface area contributed by atoms with Gasteiger partial charge < -0.3 is 0 Å². The molecule has 0 bridgehead atoms. The molecule has 0 spiro atoms. The number of fused-ring (bicyclic) bond motifs is 2. The van der Waals surface area contributed by atoms with Gasteiger partial charge in [-0.15, -0.1) is 0 Å². The molecule has 4 heterocycles. The van der Waals surface area contributed by atoms with Gasteiger partial charge in [-0.2, -0.15) is 0 Å². The van der Waals surface area contributed by atoms with Crippen LogP contribution in [0.4, 0.5) is 0 Å². The zero-order valence-corrected chi connectivity index (χ0v) is 15.3. The normalized spacial score (nSPS) is 24.2. The van der Waals surface area contributed by atoms with Gasteiger partial charge in [-0.1, -0.05) is 24.3 Å². The molecule has 0 unspecified atom stereocenters. The van der Waals surface area contributed by atoms with E-state index in [1.54, 1.807) is 6.20 Å². The van der Waals surface area contributed by atoms with Gasteiger partial charge in [0.25, 0.3) is 0 Å². The highest BCUT2D eigenvalue weighted by atomic mass is 15.3. The Morgan fingerprint density at radius 3 is 2.85 bits per heavy atom. The van der Waals surface area contributed by atoms with Crippen molar-refractivity contribution in [2.75, 3.05) is 19.6 Å². The summed E-state index contributed by atoms with van der Waals surface area (Å²) in [5.41, 5.74) is 3.71. The summed E-state index contributed by atoms with van der Waals surface area (Å²) in [6.07, 6.45) is 10.4. The van der Waals surface area contributed by atoms with E-state index in [2.05, 4.69) is 57.2 Å². The van der Waals surface area contributed by atoms with Crippen molar-refractivity contribution in [1.82, 2.24) is 24.2 Å². The molecule has 134 valence electrons. The molecule has 2 atom stereocenters. The number of benzene rings is 1. The number of nitrogens with zero attached hydrogens (tertiary/aromatic N) is 5. The van der Waals surface area contributed by atoms with Crippen molar-refractivity contribution in [3.63, 3.8) is 0 Å². The maximum Gasteiger partial charge on any atom is 0.233 e. The molecule has 0 aliphatic carbocycles. The first-order chi connectivity index (χ1) is 12.8. The Morgan fingerprint density at radius 2 is 1.96 bits per heavy atom. The summed E-state index contributed by atoms with van der Waals surface area (Å²) in [4.78, 5) is 14.0. The summed E-state index contributed by atoms with van der Waals surface area (Å²) in [7, 11) is 0. The molecule has 0 saturated carbocycles. The molecule has 2 aliphatic rings. The van der Waals surface area contributed by atoms with E-state index in [1.807, 2.05) is 16.8 Å². The van der Waals surface area contributed by atoms with Crippen LogP contribution in [0.25, 0.3) is 16.9 Å². The predicted molar refractivity (Wildman–Crippen MR) is 103 cm³/mol. The number of rotatable bonds is 3. The molecule has 3 aromatic rings. The highest BCUT2D eigenvalue weighted by Crippen LogP contribution is 2.26. The van der Waals surface area contributed by atoms with Crippen molar-refractivity contribution < 1.29 is 0 Å². The van der Waals surface area contributed by atoms with E-state index in [-0.39, 0.29) is 0 Å². The summed E-state index contributed by atoms with van der Waals surface area (Å²) >= 11 is 0. The maximum absolute atomic E-state index is 4.41. The molecule has 26 heavy (non-hydrogen) atoms. The molecule has 2 aromatic heterocycles. The molecule has 2 saturated heterocycles. The molecular formula is C21H25N5. The van der Waals surface area contributed by atoms with Crippen molar-refractivity contribution in [3.8, 4) is 11.1 Å². The summed E-state index contributed by atoms with van der Waals surface area (Å²) in [6, 6.07) is 10.4. The van der Waals surface area contributed by atoms with E-state index in [9.17, 15) is 0 Å². The summed E-state index contributed by atoms with van der Waals surface area (Å²) in [5, 5.41) is 0. The van der Waals surface area contributed by atoms with Crippen molar-refractivity contribution >= 4 is 5.78 Å². The zero-order chi connectivity index (χ0) is 17.5. The monoisotopic (exact) mass is 347 g/mol. The SMILES string of the molecule is C[C@@H]1CN2CCC[C@H]2CN1Cc1ccc(-c2cnc3nccn3c2)cc1. The molecular weight excluding hydrogens is 322 g/mol. The molecule has 2 fully saturated rings. The fraction of sp³-hybridized carbons (Fsp3) is 0.429. The fourth-order valence-corrected chi connectivity index (χ4v) is 4.47. The molecule has 5 rings (SSSR count). The quantitative estimate of drug-likeness (QED) is 0.730. The van der Waals surface area contributed by atoms with Crippen LogP contribution in [0.3, 0.4) is 0 Å². The van der Waals surface area contributed by atoms with Crippen molar-refractivity contribution in [2.24, 2.45) is 0 Å². The van der Waals surface area contributed by atoms with E-state index in [0.717, 1.165) is 23.9 Å².